The highest BCUT2D eigenvalue weighted by atomic mass is 16.3. The van der Waals surface area contributed by atoms with E-state index in [1.54, 1.807) is 12.1 Å². The van der Waals surface area contributed by atoms with Crippen LogP contribution in [0.4, 0.5) is 0 Å². The van der Waals surface area contributed by atoms with Gasteiger partial charge in [0, 0.05) is 28.5 Å². The van der Waals surface area contributed by atoms with Gasteiger partial charge in [0.1, 0.15) is 17.1 Å². The van der Waals surface area contributed by atoms with Crippen LogP contribution in [-0.2, 0) is 12.8 Å². The summed E-state index contributed by atoms with van der Waals surface area (Å²) in [5.74, 6) is 1.21. The number of hydrogen-bond acceptors (Lipinski definition) is 3. The van der Waals surface area contributed by atoms with E-state index in [0.29, 0.717) is 0 Å². The molecule has 2 heterocycles. The van der Waals surface area contributed by atoms with Crippen molar-refractivity contribution >= 4 is 11.0 Å². The van der Waals surface area contributed by atoms with Gasteiger partial charge in [0.2, 0.25) is 0 Å². The van der Waals surface area contributed by atoms with Gasteiger partial charge in [-0.05, 0) is 24.6 Å². The van der Waals surface area contributed by atoms with Crippen LogP contribution in [0, 0.1) is 0 Å². The molecule has 23 heavy (non-hydrogen) atoms. The van der Waals surface area contributed by atoms with Gasteiger partial charge in [0.15, 0.2) is 0 Å². The lowest BCUT2D eigenvalue weighted by atomic mass is 9.91. The minimum absolute atomic E-state index is 0.246. The van der Waals surface area contributed by atoms with Crippen LogP contribution >= 0.6 is 0 Å². The van der Waals surface area contributed by atoms with E-state index in [-0.39, 0.29) is 5.75 Å². The van der Waals surface area contributed by atoms with E-state index in [1.165, 1.54) is 5.56 Å². The van der Waals surface area contributed by atoms with Crippen molar-refractivity contribution < 1.29 is 9.52 Å². The van der Waals surface area contributed by atoms with Gasteiger partial charge in [-0.2, -0.15) is 5.10 Å². The fourth-order valence-electron chi connectivity index (χ4n) is 3.48. The lowest BCUT2D eigenvalue weighted by molar-refractivity contribution is 0.475. The molecule has 0 saturated heterocycles. The highest BCUT2D eigenvalue weighted by Crippen LogP contribution is 2.43. The fraction of sp³-hybridized carbons (Fsp3) is 0.105. The number of nitrogens with one attached hydrogen (secondary N) is 1. The Balaban J connectivity index is 1.77. The molecule has 0 atom stereocenters. The Labute approximate surface area is 132 Å². The molecule has 4 heteroatoms. The number of hydrogen-bond donors (Lipinski definition) is 2. The maximum Gasteiger partial charge on any atom is 0.135 e. The zero-order chi connectivity index (χ0) is 15.4. The van der Waals surface area contributed by atoms with Crippen molar-refractivity contribution in [2.45, 2.75) is 12.8 Å². The molecule has 0 spiro atoms. The molecular weight excluding hydrogens is 288 g/mol. The number of aromatic amines is 1. The van der Waals surface area contributed by atoms with Gasteiger partial charge in [-0.15, -0.1) is 0 Å². The first-order chi connectivity index (χ1) is 11.3. The summed E-state index contributed by atoms with van der Waals surface area (Å²) in [5.41, 5.74) is 6.18. The van der Waals surface area contributed by atoms with E-state index in [9.17, 15) is 5.11 Å². The van der Waals surface area contributed by atoms with Gasteiger partial charge in [-0.3, -0.25) is 5.10 Å². The van der Waals surface area contributed by atoms with Crippen LogP contribution in [-0.4, -0.2) is 15.3 Å². The summed E-state index contributed by atoms with van der Waals surface area (Å²) < 4.78 is 5.96. The SMILES string of the molecule is Oc1ccc2oc3c(c2c1)-c1[nH]nc(-c2ccccc2)c1CC3. The molecule has 0 bridgehead atoms. The van der Waals surface area contributed by atoms with Gasteiger partial charge in [-0.1, -0.05) is 30.3 Å². The molecule has 0 saturated carbocycles. The van der Waals surface area contributed by atoms with Crippen molar-refractivity contribution in [3.63, 3.8) is 0 Å². The molecule has 0 unspecified atom stereocenters. The number of benzene rings is 2. The quantitative estimate of drug-likeness (QED) is 0.551. The van der Waals surface area contributed by atoms with E-state index in [0.717, 1.165) is 52.1 Å². The number of aromatic hydroxyl groups is 1. The fourth-order valence-corrected chi connectivity index (χ4v) is 3.48. The summed E-state index contributed by atoms with van der Waals surface area (Å²) in [7, 11) is 0. The third-order valence-corrected chi connectivity index (χ3v) is 4.51. The minimum atomic E-state index is 0.246. The lowest BCUT2D eigenvalue weighted by Gasteiger charge is -2.12. The van der Waals surface area contributed by atoms with Gasteiger partial charge >= 0.3 is 0 Å². The summed E-state index contributed by atoms with van der Waals surface area (Å²) in [6.07, 6.45) is 1.74. The number of furan rings is 1. The van der Waals surface area contributed by atoms with Crippen molar-refractivity contribution in [2.75, 3.05) is 0 Å². The van der Waals surface area contributed by atoms with E-state index in [2.05, 4.69) is 22.3 Å². The van der Waals surface area contributed by atoms with Crippen molar-refractivity contribution in [1.29, 1.82) is 0 Å². The predicted octanol–water partition coefficient (Wildman–Crippen LogP) is 4.29. The number of phenols is 1. The van der Waals surface area contributed by atoms with Crippen LogP contribution in [0.3, 0.4) is 0 Å². The molecule has 2 aromatic carbocycles. The molecule has 0 amide bonds. The molecular formula is C19H14N2O2. The van der Waals surface area contributed by atoms with Crippen LogP contribution < -0.4 is 0 Å². The Morgan fingerprint density at radius 1 is 1.04 bits per heavy atom. The Kier molecular flexibility index (Phi) is 2.45. The van der Waals surface area contributed by atoms with Crippen LogP contribution in [0.1, 0.15) is 11.3 Å². The molecule has 112 valence electrons. The number of phenolic OH excluding ortho intramolecular Hbond substituents is 1. The number of nitrogens with zero attached hydrogens (tertiary/aromatic N) is 1. The molecule has 2 N–H and O–H groups in total. The normalized spacial score (nSPS) is 13.0. The van der Waals surface area contributed by atoms with E-state index < -0.39 is 0 Å². The van der Waals surface area contributed by atoms with Crippen molar-refractivity contribution in [1.82, 2.24) is 10.2 Å². The van der Waals surface area contributed by atoms with Crippen LogP contribution in [0.5, 0.6) is 5.75 Å². The predicted molar refractivity (Wildman–Crippen MR) is 88.3 cm³/mol. The van der Waals surface area contributed by atoms with E-state index in [4.69, 9.17) is 4.42 Å². The second-order valence-electron chi connectivity index (χ2n) is 5.87. The molecule has 4 aromatic rings. The molecule has 0 fully saturated rings. The monoisotopic (exact) mass is 302 g/mol. The smallest absolute Gasteiger partial charge is 0.135 e. The summed E-state index contributed by atoms with van der Waals surface area (Å²) >= 11 is 0. The maximum atomic E-state index is 9.81. The first-order valence-electron chi connectivity index (χ1n) is 7.68. The summed E-state index contributed by atoms with van der Waals surface area (Å²) in [4.78, 5) is 0. The second-order valence-corrected chi connectivity index (χ2v) is 5.87. The molecule has 1 aliphatic carbocycles. The molecule has 0 radical (unpaired) electrons. The van der Waals surface area contributed by atoms with Crippen LogP contribution in [0.15, 0.2) is 52.9 Å². The number of H-pyrrole nitrogens is 1. The summed E-state index contributed by atoms with van der Waals surface area (Å²) in [6, 6.07) is 15.4. The Hall–Kier alpha value is -3.01. The second kappa shape index (κ2) is 4.49. The van der Waals surface area contributed by atoms with Gasteiger partial charge in [0.05, 0.1) is 11.4 Å². The Morgan fingerprint density at radius 3 is 2.78 bits per heavy atom. The Bertz CT molecular complexity index is 1030. The molecule has 1 aliphatic rings. The standard InChI is InChI=1S/C19H14N2O2/c22-12-6-8-15-14(10-12)17-16(23-15)9-7-13-18(20-21-19(13)17)11-4-2-1-3-5-11/h1-6,8,10,22H,7,9H2,(H,20,21). The zero-order valence-corrected chi connectivity index (χ0v) is 12.3. The Morgan fingerprint density at radius 2 is 1.91 bits per heavy atom. The van der Waals surface area contributed by atoms with E-state index >= 15 is 0 Å². The average molecular weight is 302 g/mol. The van der Waals surface area contributed by atoms with Crippen LogP contribution in [0.2, 0.25) is 0 Å². The largest absolute Gasteiger partial charge is 0.508 e. The highest BCUT2D eigenvalue weighted by molar-refractivity contribution is 5.98. The lowest BCUT2D eigenvalue weighted by Crippen LogP contribution is -2.01. The van der Waals surface area contributed by atoms with Gasteiger partial charge < -0.3 is 9.52 Å². The molecule has 4 nitrogen and oxygen atoms in total. The molecule has 5 rings (SSSR count). The molecule has 2 aromatic heterocycles. The average Bonchev–Trinajstić information content (AvgIpc) is 3.16. The minimum Gasteiger partial charge on any atom is -0.508 e. The summed E-state index contributed by atoms with van der Waals surface area (Å²) in [6.45, 7) is 0. The summed E-state index contributed by atoms with van der Waals surface area (Å²) in [5, 5.41) is 18.5. The van der Waals surface area contributed by atoms with Gasteiger partial charge in [-0.25, -0.2) is 0 Å². The van der Waals surface area contributed by atoms with Crippen LogP contribution in [0.25, 0.3) is 33.5 Å². The number of aromatic nitrogens is 2. The van der Waals surface area contributed by atoms with Crippen molar-refractivity contribution in [3.8, 4) is 28.3 Å². The van der Waals surface area contributed by atoms with Gasteiger partial charge in [0.25, 0.3) is 0 Å². The van der Waals surface area contributed by atoms with Crippen molar-refractivity contribution in [3.05, 3.63) is 59.9 Å². The number of rotatable bonds is 1. The first kappa shape index (κ1) is 12.5. The zero-order valence-electron chi connectivity index (χ0n) is 12.3. The van der Waals surface area contributed by atoms with Crippen molar-refractivity contribution in [2.24, 2.45) is 0 Å². The first-order valence-corrected chi connectivity index (χ1v) is 7.68. The maximum absolute atomic E-state index is 9.81. The third kappa shape index (κ3) is 1.75. The number of fused-ring (bicyclic) bond motifs is 5. The topological polar surface area (TPSA) is 62.1 Å². The van der Waals surface area contributed by atoms with E-state index in [1.807, 2.05) is 24.3 Å². The number of aryl methyl sites for hydroxylation is 1. The third-order valence-electron chi connectivity index (χ3n) is 4.51. The molecule has 0 aliphatic heterocycles. The highest BCUT2D eigenvalue weighted by Gasteiger charge is 2.27.